The average Bonchev–Trinajstić information content (AvgIpc) is 2.80. The summed E-state index contributed by atoms with van der Waals surface area (Å²) in [7, 11) is 1.70. The molecule has 82 valence electrons. The molecule has 0 radical (unpaired) electrons. The first-order chi connectivity index (χ1) is 6.83. The van der Waals surface area contributed by atoms with Gasteiger partial charge in [0.25, 0.3) is 0 Å². The van der Waals surface area contributed by atoms with Crippen molar-refractivity contribution >= 4 is 0 Å². The largest absolute Gasteiger partial charge is 0.394 e. The smallest absolute Gasteiger partial charge is 0.0802 e. The van der Waals surface area contributed by atoms with Crippen molar-refractivity contribution in [2.45, 2.75) is 44.6 Å². The normalized spacial score (nSPS) is 37.7. The SMILES string of the molecule is COC(CO)CCC1CC2CCC1C2. The third-order valence-electron chi connectivity index (χ3n) is 4.28. The standard InChI is InChI=1S/C12H22O2/c1-14-12(8-13)5-4-11-7-9-2-3-10(11)6-9/h9-13H,2-8H2,1H3. The molecule has 0 amide bonds. The minimum absolute atomic E-state index is 0.0779. The summed E-state index contributed by atoms with van der Waals surface area (Å²) in [5, 5.41) is 9.01. The van der Waals surface area contributed by atoms with Gasteiger partial charge in [-0.1, -0.05) is 6.42 Å². The van der Waals surface area contributed by atoms with Crippen LogP contribution in [0.15, 0.2) is 0 Å². The van der Waals surface area contributed by atoms with Gasteiger partial charge < -0.3 is 9.84 Å². The van der Waals surface area contributed by atoms with Crippen LogP contribution in [0.3, 0.4) is 0 Å². The molecule has 2 bridgehead atoms. The van der Waals surface area contributed by atoms with E-state index in [1.807, 2.05) is 0 Å². The lowest BCUT2D eigenvalue weighted by Gasteiger charge is -2.23. The first-order valence-electron chi connectivity index (χ1n) is 5.97. The van der Waals surface area contributed by atoms with E-state index < -0.39 is 0 Å². The van der Waals surface area contributed by atoms with Crippen LogP contribution in [0.5, 0.6) is 0 Å². The van der Waals surface area contributed by atoms with E-state index in [1.54, 1.807) is 7.11 Å². The van der Waals surface area contributed by atoms with Gasteiger partial charge in [0.1, 0.15) is 0 Å². The van der Waals surface area contributed by atoms with Gasteiger partial charge in [0, 0.05) is 7.11 Å². The van der Waals surface area contributed by atoms with Crippen LogP contribution in [0.4, 0.5) is 0 Å². The zero-order valence-corrected chi connectivity index (χ0v) is 9.11. The molecule has 2 rings (SSSR count). The van der Waals surface area contributed by atoms with E-state index in [0.717, 1.165) is 24.2 Å². The Morgan fingerprint density at radius 3 is 2.71 bits per heavy atom. The molecule has 0 saturated heterocycles. The molecular weight excluding hydrogens is 176 g/mol. The highest BCUT2D eigenvalue weighted by Gasteiger charge is 2.38. The van der Waals surface area contributed by atoms with Crippen LogP contribution < -0.4 is 0 Å². The van der Waals surface area contributed by atoms with E-state index in [4.69, 9.17) is 9.84 Å². The van der Waals surface area contributed by atoms with E-state index in [1.165, 1.54) is 32.1 Å². The van der Waals surface area contributed by atoms with Crippen molar-refractivity contribution in [3.8, 4) is 0 Å². The first-order valence-corrected chi connectivity index (χ1v) is 5.97. The van der Waals surface area contributed by atoms with Crippen molar-refractivity contribution in [3.63, 3.8) is 0 Å². The maximum Gasteiger partial charge on any atom is 0.0802 e. The van der Waals surface area contributed by atoms with Crippen molar-refractivity contribution in [1.29, 1.82) is 0 Å². The van der Waals surface area contributed by atoms with Crippen LogP contribution >= 0.6 is 0 Å². The maximum atomic E-state index is 9.01. The average molecular weight is 198 g/mol. The molecule has 2 saturated carbocycles. The van der Waals surface area contributed by atoms with Crippen LogP contribution in [-0.2, 0) is 4.74 Å². The molecule has 2 aliphatic carbocycles. The van der Waals surface area contributed by atoms with Crippen molar-refractivity contribution in [2.75, 3.05) is 13.7 Å². The number of rotatable bonds is 5. The lowest BCUT2D eigenvalue weighted by molar-refractivity contribution is 0.0369. The molecule has 2 aliphatic rings. The Bertz CT molecular complexity index is 177. The molecule has 2 heteroatoms. The van der Waals surface area contributed by atoms with Crippen LogP contribution in [0.1, 0.15) is 38.5 Å². The molecule has 14 heavy (non-hydrogen) atoms. The Labute approximate surface area is 86.6 Å². The fraction of sp³-hybridized carbons (Fsp3) is 1.00. The third kappa shape index (κ3) is 2.12. The van der Waals surface area contributed by atoms with Crippen LogP contribution in [0.25, 0.3) is 0 Å². The summed E-state index contributed by atoms with van der Waals surface area (Å²) in [4.78, 5) is 0. The summed E-state index contributed by atoms with van der Waals surface area (Å²) in [6.45, 7) is 0.178. The summed E-state index contributed by atoms with van der Waals surface area (Å²) in [6, 6.07) is 0. The molecule has 0 heterocycles. The predicted octanol–water partition coefficient (Wildman–Crippen LogP) is 2.21. The van der Waals surface area contributed by atoms with Crippen molar-refractivity contribution in [3.05, 3.63) is 0 Å². The Balaban J connectivity index is 1.71. The number of hydrogen-bond acceptors (Lipinski definition) is 2. The highest BCUT2D eigenvalue weighted by molar-refractivity contribution is 4.90. The van der Waals surface area contributed by atoms with E-state index in [0.29, 0.717) is 0 Å². The minimum atomic E-state index is 0.0779. The van der Waals surface area contributed by atoms with Gasteiger partial charge in [-0.05, 0) is 49.9 Å². The molecule has 4 unspecified atom stereocenters. The maximum absolute atomic E-state index is 9.01. The number of aliphatic hydroxyl groups is 1. The molecule has 0 spiro atoms. The lowest BCUT2D eigenvalue weighted by atomic mass is 9.85. The second-order valence-electron chi connectivity index (χ2n) is 5.05. The number of aliphatic hydroxyl groups excluding tert-OH is 1. The van der Waals surface area contributed by atoms with Gasteiger partial charge in [0.2, 0.25) is 0 Å². The molecular formula is C12H22O2. The Morgan fingerprint density at radius 2 is 2.21 bits per heavy atom. The monoisotopic (exact) mass is 198 g/mol. The highest BCUT2D eigenvalue weighted by atomic mass is 16.5. The topological polar surface area (TPSA) is 29.5 Å². The van der Waals surface area contributed by atoms with E-state index in [2.05, 4.69) is 0 Å². The minimum Gasteiger partial charge on any atom is -0.394 e. The van der Waals surface area contributed by atoms with Crippen molar-refractivity contribution < 1.29 is 9.84 Å². The third-order valence-corrected chi connectivity index (χ3v) is 4.28. The van der Waals surface area contributed by atoms with Crippen LogP contribution in [0.2, 0.25) is 0 Å². The summed E-state index contributed by atoms with van der Waals surface area (Å²) < 4.78 is 5.19. The molecule has 2 fully saturated rings. The molecule has 4 atom stereocenters. The zero-order chi connectivity index (χ0) is 9.97. The number of methoxy groups -OCH3 is 1. The molecule has 0 aromatic heterocycles. The second kappa shape index (κ2) is 4.63. The Hall–Kier alpha value is -0.0800. The lowest BCUT2D eigenvalue weighted by Crippen LogP contribution is -2.19. The molecule has 0 aliphatic heterocycles. The fourth-order valence-corrected chi connectivity index (χ4v) is 3.41. The van der Waals surface area contributed by atoms with Gasteiger partial charge in [-0.2, -0.15) is 0 Å². The molecule has 2 nitrogen and oxygen atoms in total. The molecule has 1 N–H and O–H groups in total. The van der Waals surface area contributed by atoms with Crippen LogP contribution in [0, 0.1) is 17.8 Å². The van der Waals surface area contributed by atoms with Gasteiger partial charge in [0.05, 0.1) is 12.7 Å². The summed E-state index contributed by atoms with van der Waals surface area (Å²) >= 11 is 0. The van der Waals surface area contributed by atoms with Gasteiger partial charge in [-0.15, -0.1) is 0 Å². The summed E-state index contributed by atoms with van der Waals surface area (Å²) in [5.41, 5.74) is 0. The van der Waals surface area contributed by atoms with Crippen molar-refractivity contribution in [2.24, 2.45) is 17.8 Å². The van der Waals surface area contributed by atoms with Gasteiger partial charge in [-0.3, -0.25) is 0 Å². The second-order valence-corrected chi connectivity index (χ2v) is 5.05. The summed E-state index contributed by atoms with van der Waals surface area (Å²) in [6.07, 6.45) is 8.27. The Kier molecular flexibility index (Phi) is 3.45. The first kappa shape index (κ1) is 10.4. The summed E-state index contributed by atoms with van der Waals surface area (Å²) in [5.74, 6) is 2.99. The van der Waals surface area contributed by atoms with Gasteiger partial charge >= 0.3 is 0 Å². The quantitative estimate of drug-likeness (QED) is 0.734. The van der Waals surface area contributed by atoms with Gasteiger partial charge in [0.15, 0.2) is 0 Å². The number of fused-ring (bicyclic) bond motifs is 2. The van der Waals surface area contributed by atoms with Gasteiger partial charge in [-0.25, -0.2) is 0 Å². The number of hydrogen-bond donors (Lipinski definition) is 1. The van der Waals surface area contributed by atoms with E-state index in [9.17, 15) is 0 Å². The molecule has 0 aromatic rings. The zero-order valence-electron chi connectivity index (χ0n) is 9.11. The fourth-order valence-electron chi connectivity index (χ4n) is 3.41. The van der Waals surface area contributed by atoms with Crippen LogP contribution in [-0.4, -0.2) is 24.9 Å². The van der Waals surface area contributed by atoms with Crippen molar-refractivity contribution in [1.82, 2.24) is 0 Å². The highest BCUT2D eigenvalue weighted by Crippen LogP contribution is 2.49. The number of ether oxygens (including phenoxy) is 1. The predicted molar refractivity (Wildman–Crippen MR) is 56.1 cm³/mol. The van der Waals surface area contributed by atoms with E-state index >= 15 is 0 Å². The Morgan fingerprint density at radius 1 is 1.36 bits per heavy atom. The van der Waals surface area contributed by atoms with E-state index in [-0.39, 0.29) is 12.7 Å². The molecule has 0 aromatic carbocycles.